The van der Waals surface area contributed by atoms with Crippen molar-refractivity contribution >= 4 is 17.1 Å². The summed E-state index contributed by atoms with van der Waals surface area (Å²) in [6.45, 7) is 0. The monoisotopic (exact) mass is 767 g/mol. The van der Waals surface area contributed by atoms with E-state index >= 15 is 0 Å². The number of rotatable bonds is 8. The van der Waals surface area contributed by atoms with Crippen LogP contribution in [0.1, 0.15) is 0 Å². The molecule has 0 aliphatic carbocycles. The molecule has 0 aliphatic heterocycles. The number of aromatic nitrogens is 5. The molecule has 2 heterocycles. The van der Waals surface area contributed by atoms with E-state index < -0.39 is 0 Å². The molecule has 8 heteroatoms. The first-order chi connectivity index (χ1) is 22.2. The Morgan fingerprint density at radius 2 is 1.24 bits per heavy atom. The summed E-state index contributed by atoms with van der Waals surface area (Å²) < 4.78 is 11.5. The SMILES string of the molecule is Cn1ccn(-c2cccc(N(c3cccc(Oc4ncncn4)c3)c3c(-c4ccccc4)cccc3-c3ccccc3)c2)[c]1=[Pt]. The second kappa shape index (κ2) is 12.7. The molecule has 0 aliphatic rings. The predicted octanol–water partition coefficient (Wildman–Crippen LogP) is 8.68. The molecule has 2 aromatic heterocycles. The Morgan fingerprint density at radius 3 is 1.87 bits per heavy atom. The normalized spacial score (nSPS) is 10.9. The topological polar surface area (TPSA) is 61.0 Å². The molecule has 45 heavy (non-hydrogen) atoms. The van der Waals surface area contributed by atoms with Crippen LogP contribution in [0.2, 0.25) is 0 Å². The molecule has 0 N–H and O–H groups in total. The number of hydrogen-bond acceptors (Lipinski definition) is 5. The number of ether oxygens (including phenoxy) is 1. The number of nitrogens with zero attached hydrogens (tertiary/aromatic N) is 6. The van der Waals surface area contributed by atoms with Crippen LogP contribution >= 0.6 is 0 Å². The Kier molecular flexibility index (Phi) is 8.00. The number of hydrogen-bond donors (Lipinski definition) is 0. The molecule has 0 bridgehead atoms. The van der Waals surface area contributed by atoms with Gasteiger partial charge in [-0.15, -0.1) is 0 Å². The van der Waals surface area contributed by atoms with Crippen LogP contribution in [0.3, 0.4) is 0 Å². The molecule has 0 radical (unpaired) electrons. The number of para-hydroxylation sites is 1. The molecule has 0 unspecified atom stereocenters. The molecule has 222 valence electrons. The van der Waals surface area contributed by atoms with E-state index in [2.05, 4.69) is 165 Å². The van der Waals surface area contributed by atoms with Crippen LogP contribution in [-0.2, 0) is 26.4 Å². The van der Waals surface area contributed by atoms with Gasteiger partial charge in [0.05, 0.1) is 0 Å². The quantitative estimate of drug-likeness (QED) is 0.155. The third-order valence-corrected chi connectivity index (χ3v) is 8.79. The molecular weight excluding hydrogens is 740 g/mol. The van der Waals surface area contributed by atoms with Crippen molar-refractivity contribution in [3.05, 3.63) is 156 Å². The van der Waals surface area contributed by atoms with Gasteiger partial charge in [0, 0.05) is 0 Å². The fourth-order valence-corrected chi connectivity index (χ4v) is 6.01. The van der Waals surface area contributed by atoms with Crippen molar-refractivity contribution in [1.82, 2.24) is 24.1 Å². The fraction of sp³-hybridized carbons (Fsp3) is 0.0270. The standard InChI is InChI=1S/C37H28N6O.Pt/c1-41-21-22-42(27-41)30-15-8-16-31(23-30)43(32-17-9-18-33(24-32)44-37-39-25-38-26-40-37)36-34(28-11-4-2-5-12-28)19-10-20-35(36)29-13-6-3-7-14-29;/h2-26H,1H3;. The van der Waals surface area contributed by atoms with Crippen molar-refractivity contribution < 1.29 is 24.1 Å². The van der Waals surface area contributed by atoms with E-state index in [0.717, 1.165) is 48.8 Å². The average Bonchev–Trinajstić information content (AvgIpc) is 3.44. The fourth-order valence-electron chi connectivity index (χ4n) is 5.38. The molecule has 7 rings (SSSR count). The molecule has 7 nitrogen and oxygen atoms in total. The van der Waals surface area contributed by atoms with E-state index in [1.807, 2.05) is 30.3 Å². The van der Waals surface area contributed by atoms with E-state index in [-0.39, 0.29) is 6.01 Å². The van der Waals surface area contributed by atoms with Crippen molar-refractivity contribution in [2.45, 2.75) is 0 Å². The van der Waals surface area contributed by atoms with E-state index in [1.54, 1.807) is 0 Å². The maximum atomic E-state index is 6.09. The molecule has 7 aromatic rings. The minimum absolute atomic E-state index is 0.237. The maximum absolute atomic E-state index is 6.09. The summed E-state index contributed by atoms with van der Waals surface area (Å²) in [6.07, 6.45) is 7.00. The van der Waals surface area contributed by atoms with Crippen molar-refractivity contribution in [2.24, 2.45) is 7.05 Å². The van der Waals surface area contributed by atoms with E-state index in [1.165, 1.54) is 12.7 Å². The van der Waals surface area contributed by atoms with Gasteiger partial charge in [-0.2, -0.15) is 0 Å². The number of aryl methyl sites for hydroxylation is 1. The molecule has 0 atom stereocenters. The summed E-state index contributed by atoms with van der Waals surface area (Å²) >= 11 is 2.36. The van der Waals surface area contributed by atoms with Crippen LogP contribution in [0, 0.1) is 3.80 Å². The second-order valence-corrected chi connectivity index (χ2v) is 11.3. The van der Waals surface area contributed by atoms with Gasteiger partial charge in [0.15, 0.2) is 0 Å². The minimum atomic E-state index is 0.237. The molecule has 0 saturated carbocycles. The first-order valence-electron chi connectivity index (χ1n) is 14.4. The van der Waals surface area contributed by atoms with Gasteiger partial charge in [-0.05, 0) is 0 Å². The summed E-state index contributed by atoms with van der Waals surface area (Å²) in [5, 5.41) is 0. The van der Waals surface area contributed by atoms with Crippen LogP contribution in [0.25, 0.3) is 27.9 Å². The Hall–Kier alpha value is -5.39. The van der Waals surface area contributed by atoms with Crippen LogP contribution < -0.4 is 9.64 Å². The molecule has 0 fully saturated rings. The summed E-state index contributed by atoms with van der Waals surface area (Å²) in [4.78, 5) is 14.6. The van der Waals surface area contributed by atoms with Crippen LogP contribution in [0.15, 0.2) is 152 Å². The van der Waals surface area contributed by atoms with Crippen LogP contribution in [0.5, 0.6) is 11.8 Å². The van der Waals surface area contributed by atoms with Gasteiger partial charge in [-0.3, -0.25) is 0 Å². The summed E-state index contributed by atoms with van der Waals surface area (Å²) in [5.41, 5.74) is 8.48. The zero-order chi connectivity index (χ0) is 30.6. The second-order valence-electron chi connectivity index (χ2n) is 10.3. The van der Waals surface area contributed by atoms with Crippen molar-refractivity contribution in [1.29, 1.82) is 0 Å². The van der Waals surface area contributed by atoms with E-state index in [9.17, 15) is 0 Å². The number of anilines is 3. The summed E-state index contributed by atoms with van der Waals surface area (Å²) in [6, 6.07) is 44.4. The zero-order valence-corrected chi connectivity index (χ0v) is 26.6. The van der Waals surface area contributed by atoms with Crippen molar-refractivity contribution in [3.8, 4) is 39.7 Å². The molecule has 0 saturated heterocycles. The molecule has 0 amide bonds. The van der Waals surface area contributed by atoms with Gasteiger partial charge in [0.1, 0.15) is 12.7 Å². The summed E-state index contributed by atoms with van der Waals surface area (Å²) in [5.74, 6) is 0.616. The van der Waals surface area contributed by atoms with E-state index in [4.69, 9.17) is 4.74 Å². The number of benzene rings is 5. The van der Waals surface area contributed by atoms with Gasteiger partial charge in [0.25, 0.3) is 0 Å². The molecule has 0 spiro atoms. The summed E-state index contributed by atoms with van der Waals surface area (Å²) in [7, 11) is 2.05. The molecule has 5 aromatic carbocycles. The van der Waals surface area contributed by atoms with E-state index in [0.29, 0.717) is 5.75 Å². The van der Waals surface area contributed by atoms with Gasteiger partial charge in [-0.1, -0.05) is 0 Å². The van der Waals surface area contributed by atoms with Gasteiger partial charge in [0.2, 0.25) is 0 Å². The predicted molar refractivity (Wildman–Crippen MR) is 173 cm³/mol. The van der Waals surface area contributed by atoms with Crippen LogP contribution in [-0.4, -0.2) is 24.1 Å². The Bertz CT molecular complexity index is 2070. The average molecular weight is 768 g/mol. The van der Waals surface area contributed by atoms with Gasteiger partial charge < -0.3 is 0 Å². The Labute approximate surface area is 272 Å². The Morgan fingerprint density at radius 1 is 0.644 bits per heavy atom. The zero-order valence-electron chi connectivity index (χ0n) is 24.3. The van der Waals surface area contributed by atoms with Gasteiger partial charge >= 0.3 is 255 Å². The third-order valence-electron chi connectivity index (χ3n) is 7.44. The molecular formula is C37H28N6OPt. The number of imidazole rings is 1. The van der Waals surface area contributed by atoms with Crippen molar-refractivity contribution in [3.63, 3.8) is 0 Å². The first kappa shape index (κ1) is 28.4. The first-order valence-corrected chi connectivity index (χ1v) is 15.5. The Balaban J connectivity index is 1.49. The van der Waals surface area contributed by atoms with Gasteiger partial charge in [-0.25, -0.2) is 4.98 Å². The third kappa shape index (κ3) is 5.90. The van der Waals surface area contributed by atoms with Crippen molar-refractivity contribution in [2.75, 3.05) is 4.90 Å². The van der Waals surface area contributed by atoms with Crippen LogP contribution in [0.4, 0.5) is 17.1 Å².